The van der Waals surface area contributed by atoms with Crippen molar-refractivity contribution in [1.29, 1.82) is 0 Å². The molecule has 194 valence electrons. The number of sulfone groups is 1. The standard InChI is InChI=1S/C26H29F3N2O4S/c1-3-20-13-14-22(31(20)25(33)18-5-4-6-21(15-18)36(2,34)35)24(32)30-23(16-7-8-16)17-9-11-19(12-10-17)26(27,28)29/h4-6,9-12,15-16,20,22-23H,3,7-8,13-14H2,1-2H3,(H,30,32)/t20-,22-,23?/m1/s1. The molecular formula is C26H29F3N2O4S. The van der Waals surface area contributed by atoms with Crippen LogP contribution in [0.5, 0.6) is 0 Å². The van der Waals surface area contributed by atoms with Gasteiger partial charge in [-0.25, -0.2) is 8.42 Å². The average molecular weight is 523 g/mol. The Kier molecular flexibility index (Phi) is 7.19. The largest absolute Gasteiger partial charge is 0.416 e. The maximum absolute atomic E-state index is 13.5. The molecule has 1 aliphatic heterocycles. The zero-order valence-corrected chi connectivity index (χ0v) is 20.9. The van der Waals surface area contributed by atoms with Gasteiger partial charge in [0.1, 0.15) is 6.04 Å². The number of carbonyl (C=O) groups excluding carboxylic acids is 2. The third-order valence-corrected chi connectivity index (χ3v) is 8.12. The predicted molar refractivity (Wildman–Crippen MR) is 128 cm³/mol. The zero-order valence-electron chi connectivity index (χ0n) is 20.1. The highest BCUT2D eigenvalue weighted by Gasteiger charge is 2.43. The van der Waals surface area contributed by atoms with E-state index < -0.39 is 39.6 Å². The highest BCUT2D eigenvalue weighted by atomic mass is 32.2. The Morgan fingerprint density at radius 2 is 1.72 bits per heavy atom. The van der Waals surface area contributed by atoms with Crippen molar-refractivity contribution in [1.82, 2.24) is 10.2 Å². The van der Waals surface area contributed by atoms with Gasteiger partial charge in [-0.3, -0.25) is 9.59 Å². The van der Waals surface area contributed by atoms with E-state index in [1.54, 1.807) is 0 Å². The smallest absolute Gasteiger partial charge is 0.347 e. The number of amides is 2. The van der Waals surface area contributed by atoms with Gasteiger partial charge in [0.2, 0.25) is 5.91 Å². The third-order valence-electron chi connectivity index (χ3n) is 7.01. The summed E-state index contributed by atoms with van der Waals surface area (Å²) < 4.78 is 62.9. The molecule has 2 fully saturated rings. The predicted octanol–water partition coefficient (Wildman–Crippen LogP) is 4.76. The lowest BCUT2D eigenvalue weighted by Crippen LogP contribution is -2.49. The fourth-order valence-electron chi connectivity index (χ4n) is 4.89. The molecule has 2 amide bonds. The van der Waals surface area contributed by atoms with Crippen LogP contribution in [0, 0.1) is 5.92 Å². The summed E-state index contributed by atoms with van der Waals surface area (Å²) in [6.45, 7) is 1.92. The summed E-state index contributed by atoms with van der Waals surface area (Å²) in [7, 11) is -3.51. The first-order valence-electron chi connectivity index (χ1n) is 12.0. The summed E-state index contributed by atoms with van der Waals surface area (Å²) in [5, 5.41) is 3.00. The van der Waals surface area contributed by atoms with Gasteiger partial charge in [0, 0.05) is 17.9 Å². The van der Waals surface area contributed by atoms with E-state index in [-0.39, 0.29) is 28.3 Å². The Balaban J connectivity index is 1.57. The van der Waals surface area contributed by atoms with Crippen LogP contribution in [0.3, 0.4) is 0 Å². The van der Waals surface area contributed by atoms with Crippen LogP contribution in [0.2, 0.25) is 0 Å². The quantitative estimate of drug-likeness (QED) is 0.569. The summed E-state index contributed by atoms with van der Waals surface area (Å²) in [4.78, 5) is 28.5. The van der Waals surface area contributed by atoms with Gasteiger partial charge in [0.15, 0.2) is 9.84 Å². The number of hydrogen-bond donors (Lipinski definition) is 1. The van der Waals surface area contributed by atoms with Crippen LogP contribution in [0.25, 0.3) is 0 Å². The summed E-state index contributed by atoms with van der Waals surface area (Å²) in [6.07, 6.45) is 0.0468. The van der Waals surface area contributed by atoms with E-state index in [1.807, 2.05) is 6.92 Å². The first kappa shape index (κ1) is 26.2. The Hall–Kier alpha value is -2.88. The number of carbonyl (C=O) groups is 2. The summed E-state index contributed by atoms with van der Waals surface area (Å²) in [5.74, 6) is -0.637. The maximum Gasteiger partial charge on any atom is 0.416 e. The summed E-state index contributed by atoms with van der Waals surface area (Å²) in [6, 6.07) is 9.25. The number of likely N-dealkylation sites (tertiary alicyclic amines) is 1. The molecule has 0 spiro atoms. The molecule has 10 heteroatoms. The first-order chi connectivity index (χ1) is 16.9. The van der Waals surface area contributed by atoms with Gasteiger partial charge in [-0.15, -0.1) is 0 Å². The van der Waals surface area contributed by atoms with E-state index in [2.05, 4.69) is 5.32 Å². The molecule has 1 saturated carbocycles. The minimum atomic E-state index is -4.44. The van der Waals surface area contributed by atoms with Crippen molar-refractivity contribution in [3.05, 3.63) is 65.2 Å². The van der Waals surface area contributed by atoms with Gasteiger partial charge in [0.25, 0.3) is 5.91 Å². The second-order valence-corrected chi connectivity index (χ2v) is 11.6. The van der Waals surface area contributed by atoms with Crippen LogP contribution < -0.4 is 5.32 Å². The van der Waals surface area contributed by atoms with Crippen LogP contribution in [0.1, 0.15) is 66.6 Å². The van der Waals surface area contributed by atoms with Crippen molar-refractivity contribution < 1.29 is 31.2 Å². The lowest BCUT2D eigenvalue weighted by molar-refractivity contribution is -0.137. The van der Waals surface area contributed by atoms with E-state index in [4.69, 9.17) is 0 Å². The molecule has 2 aromatic carbocycles. The van der Waals surface area contributed by atoms with Crippen LogP contribution in [0.15, 0.2) is 53.4 Å². The summed E-state index contributed by atoms with van der Waals surface area (Å²) in [5.41, 5.74) is 0.0435. The van der Waals surface area contributed by atoms with Crippen molar-refractivity contribution in [3.8, 4) is 0 Å². The lowest BCUT2D eigenvalue weighted by atomic mass is 10.00. The molecule has 6 nitrogen and oxygen atoms in total. The molecule has 0 bridgehead atoms. The molecule has 3 atom stereocenters. The SMILES string of the molecule is CC[C@@H]1CC[C@H](C(=O)NC(c2ccc(C(F)(F)F)cc2)C2CC2)N1C(=O)c1cccc(S(C)(=O)=O)c1. The van der Waals surface area contributed by atoms with E-state index in [0.717, 1.165) is 31.2 Å². The molecule has 1 unspecified atom stereocenters. The van der Waals surface area contributed by atoms with Crippen LogP contribution in [-0.2, 0) is 20.8 Å². The van der Waals surface area contributed by atoms with E-state index >= 15 is 0 Å². The lowest BCUT2D eigenvalue weighted by Gasteiger charge is -2.31. The fourth-order valence-corrected chi connectivity index (χ4v) is 5.56. The van der Waals surface area contributed by atoms with Crippen LogP contribution in [-0.4, -0.2) is 43.5 Å². The second-order valence-electron chi connectivity index (χ2n) is 9.61. The monoisotopic (exact) mass is 522 g/mol. The van der Waals surface area contributed by atoms with Gasteiger partial charge in [-0.05, 0) is 73.9 Å². The third kappa shape index (κ3) is 5.58. The van der Waals surface area contributed by atoms with Gasteiger partial charge in [-0.1, -0.05) is 25.1 Å². The number of hydrogen-bond acceptors (Lipinski definition) is 4. The van der Waals surface area contributed by atoms with Crippen LogP contribution >= 0.6 is 0 Å². The summed E-state index contributed by atoms with van der Waals surface area (Å²) >= 11 is 0. The van der Waals surface area contributed by atoms with Crippen molar-refractivity contribution in [2.45, 2.75) is 68.2 Å². The highest BCUT2D eigenvalue weighted by molar-refractivity contribution is 7.90. The Labute approximate surface area is 208 Å². The number of rotatable bonds is 7. The second kappa shape index (κ2) is 9.88. The fraction of sp³-hybridized carbons (Fsp3) is 0.462. The van der Waals surface area contributed by atoms with Crippen molar-refractivity contribution in [2.75, 3.05) is 6.26 Å². The zero-order chi connectivity index (χ0) is 26.3. The molecule has 2 aliphatic rings. The van der Waals surface area contributed by atoms with Crippen molar-refractivity contribution >= 4 is 21.7 Å². The van der Waals surface area contributed by atoms with Gasteiger partial charge >= 0.3 is 6.18 Å². The van der Waals surface area contributed by atoms with Gasteiger partial charge in [0.05, 0.1) is 16.5 Å². The topological polar surface area (TPSA) is 83.6 Å². The molecule has 1 saturated heterocycles. The Bertz CT molecular complexity index is 1240. The minimum Gasteiger partial charge on any atom is -0.347 e. The molecule has 0 radical (unpaired) electrons. The number of benzene rings is 2. The molecule has 4 rings (SSSR count). The molecule has 1 aliphatic carbocycles. The normalized spacial score (nSPS) is 21.3. The first-order valence-corrected chi connectivity index (χ1v) is 13.9. The molecule has 1 heterocycles. The minimum absolute atomic E-state index is 0.0256. The highest BCUT2D eigenvalue weighted by Crippen LogP contribution is 2.42. The van der Waals surface area contributed by atoms with E-state index in [9.17, 15) is 31.2 Å². The van der Waals surface area contributed by atoms with E-state index in [0.29, 0.717) is 24.8 Å². The van der Waals surface area contributed by atoms with Crippen molar-refractivity contribution in [3.63, 3.8) is 0 Å². The molecule has 1 N–H and O–H groups in total. The van der Waals surface area contributed by atoms with Crippen LogP contribution in [0.4, 0.5) is 13.2 Å². The van der Waals surface area contributed by atoms with Crippen molar-refractivity contribution in [2.24, 2.45) is 5.92 Å². The molecule has 2 aromatic rings. The Morgan fingerprint density at radius 1 is 1.06 bits per heavy atom. The van der Waals surface area contributed by atoms with Gasteiger partial charge in [-0.2, -0.15) is 13.2 Å². The number of nitrogens with one attached hydrogen (secondary N) is 1. The number of nitrogens with zero attached hydrogens (tertiary/aromatic N) is 1. The van der Waals surface area contributed by atoms with E-state index in [1.165, 1.54) is 41.3 Å². The maximum atomic E-state index is 13.5. The van der Waals surface area contributed by atoms with Gasteiger partial charge < -0.3 is 10.2 Å². The number of alkyl halides is 3. The number of halogens is 3. The molecule has 0 aromatic heterocycles. The Morgan fingerprint density at radius 3 is 2.28 bits per heavy atom. The average Bonchev–Trinajstić information content (AvgIpc) is 3.58. The molecular weight excluding hydrogens is 493 g/mol. The molecule has 36 heavy (non-hydrogen) atoms.